The topological polar surface area (TPSA) is 54.8 Å². The van der Waals surface area contributed by atoms with Crippen molar-refractivity contribution in [2.45, 2.75) is 27.3 Å². The van der Waals surface area contributed by atoms with Crippen LogP contribution < -0.4 is 4.90 Å². The van der Waals surface area contributed by atoms with Crippen LogP contribution in [0, 0.1) is 20.8 Å². The minimum absolute atomic E-state index is 0.698. The Bertz CT molecular complexity index is 860. The zero-order valence-electron chi connectivity index (χ0n) is 14.5. The Kier molecular flexibility index (Phi) is 4.51. The molecule has 0 saturated carbocycles. The van der Waals surface area contributed by atoms with Crippen molar-refractivity contribution >= 4 is 5.95 Å². The van der Waals surface area contributed by atoms with Gasteiger partial charge in [0.2, 0.25) is 5.95 Å². The van der Waals surface area contributed by atoms with E-state index in [9.17, 15) is 0 Å². The van der Waals surface area contributed by atoms with E-state index in [2.05, 4.69) is 27.9 Å². The summed E-state index contributed by atoms with van der Waals surface area (Å²) in [4.78, 5) is 19.8. The van der Waals surface area contributed by atoms with Crippen LogP contribution in [0.3, 0.4) is 0 Å². The number of anilines is 1. The Morgan fingerprint density at radius 1 is 0.958 bits per heavy atom. The third-order valence-electron chi connectivity index (χ3n) is 4.03. The van der Waals surface area contributed by atoms with Crippen LogP contribution in [-0.4, -0.2) is 27.0 Å². The van der Waals surface area contributed by atoms with Gasteiger partial charge >= 0.3 is 0 Å². The minimum atomic E-state index is 0.698. The van der Waals surface area contributed by atoms with Crippen LogP contribution in [0.15, 0.2) is 42.9 Å². The summed E-state index contributed by atoms with van der Waals surface area (Å²) < 4.78 is 0. The summed E-state index contributed by atoms with van der Waals surface area (Å²) in [5, 5.41) is 0. The van der Waals surface area contributed by atoms with Gasteiger partial charge in [-0.25, -0.2) is 9.97 Å². The highest BCUT2D eigenvalue weighted by atomic mass is 15.2. The van der Waals surface area contributed by atoms with Gasteiger partial charge in [-0.15, -0.1) is 0 Å². The molecule has 0 fully saturated rings. The van der Waals surface area contributed by atoms with Crippen LogP contribution >= 0.6 is 0 Å². The van der Waals surface area contributed by atoms with E-state index >= 15 is 0 Å². The average molecular weight is 319 g/mol. The molecule has 0 amide bonds. The number of pyridine rings is 2. The fourth-order valence-corrected chi connectivity index (χ4v) is 2.65. The van der Waals surface area contributed by atoms with Crippen molar-refractivity contribution in [3.63, 3.8) is 0 Å². The average Bonchev–Trinajstić information content (AvgIpc) is 2.57. The molecule has 3 aromatic heterocycles. The molecule has 122 valence electrons. The number of hydrogen-bond donors (Lipinski definition) is 0. The van der Waals surface area contributed by atoms with Gasteiger partial charge in [0.05, 0.1) is 5.69 Å². The molecule has 0 spiro atoms. The van der Waals surface area contributed by atoms with E-state index in [0.717, 1.165) is 29.2 Å². The standard InChI is InChI=1S/C19H21N5/c1-13-11-20-9-7-16(13)12-24(4)19-21-10-8-18(23-19)17-6-5-14(2)22-15(17)3/h5-11H,12H2,1-4H3. The summed E-state index contributed by atoms with van der Waals surface area (Å²) in [6.45, 7) is 6.80. The van der Waals surface area contributed by atoms with Gasteiger partial charge in [-0.2, -0.15) is 0 Å². The minimum Gasteiger partial charge on any atom is -0.340 e. The maximum Gasteiger partial charge on any atom is 0.225 e. The third kappa shape index (κ3) is 3.40. The normalized spacial score (nSPS) is 10.7. The molecule has 24 heavy (non-hydrogen) atoms. The van der Waals surface area contributed by atoms with Gasteiger partial charge in [-0.1, -0.05) is 0 Å². The van der Waals surface area contributed by atoms with Crippen molar-refractivity contribution in [3.05, 3.63) is 65.4 Å². The number of aromatic nitrogens is 4. The van der Waals surface area contributed by atoms with Crippen LogP contribution in [-0.2, 0) is 6.54 Å². The predicted octanol–water partition coefficient (Wildman–Crippen LogP) is 3.50. The molecule has 0 N–H and O–H groups in total. The van der Waals surface area contributed by atoms with Gasteiger partial charge in [-0.05, 0) is 56.2 Å². The molecule has 3 heterocycles. The first-order chi connectivity index (χ1) is 11.5. The fraction of sp³-hybridized carbons (Fsp3) is 0.263. The van der Waals surface area contributed by atoms with E-state index in [1.165, 1.54) is 11.1 Å². The van der Waals surface area contributed by atoms with Crippen molar-refractivity contribution in [1.29, 1.82) is 0 Å². The van der Waals surface area contributed by atoms with Crippen molar-refractivity contribution in [2.75, 3.05) is 11.9 Å². The van der Waals surface area contributed by atoms with Crippen molar-refractivity contribution < 1.29 is 0 Å². The molecule has 0 aliphatic carbocycles. The molecular weight excluding hydrogens is 298 g/mol. The maximum atomic E-state index is 4.72. The summed E-state index contributed by atoms with van der Waals surface area (Å²) in [6.07, 6.45) is 5.49. The lowest BCUT2D eigenvalue weighted by Gasteiger charge is -2.18. The molecule has 3 aromatic rings. The SMILES string of the molecule is Cc1ccc(-c2ccnc(N(C)Cc3ccncc3C)n2)c(C)n1. The monoisotopic (exact) mass is 319 g/mol. The Morgan fingerprint density at radius 2 is 1.79 bits per heavy atom. The molecule has 5 nitrogen and oxygen atoms in total. The molecule has 0 aliphatic heterocycles. The fourth-order valence-electron chi connectivity index (χ4n) is 2.65. The smallest absolute Gasteiger partial charge is 0.225 e. The van der Waals surface area contributed by atoms with Crippen LogP contribution in [0.5, 0.6) is 0 Å². The maximum absolute atomic E-state index is 4.72. The second kappa shape index (κ2) is 6.74. The Balaban J connectivity index is 1.88. The van der Waals surface area contributed by atoms with Gasteiger partial charge in [0.1, 0.15) is 0 Å². The van der Waals surface area contributed by atoms with Crippen molar-refractivity contribution in [2.24, 2.45) is 0 Å². The van der Waals surface area contributed by atoms with E-state index in [1.54, 1.807) is 6.20 Å². The predicted molar refractivity (Wildman–Crippen MR) is 95.8 cm³/mol. The number of aryl methyl sites for hydroxylation is 3. The van der Waals surface area contributed by atoms with E-state index in [-0.39, 0.29) is 0 Å². The van der Waals surface area contributed by atoms with Crippen LogP contribution in [0.1, 0.15) is 22.5 Å². The first kappa shape index (κ1) is 16.1. The van der Waals surface area contributed by atoms with Crippen molar-refractivity contribution in [3.8, 4) is 11.3 Å². The summed E-state index contributed by atoms with van der Waals surface area (Å²) >= 11 is 0. The lowest BCUT2D eigenvalue weighted by molar-refractivity contribution is 0.859. The summed E-state index contributed by atoms with van der Waals surface area (Å²) in [6, 6.07) is 8.03. The van der Waals surface area contributed by atoms with Crippen LogP contribution in [0.4, 0.5) is 5.95 Å². The molecule has 3 rings (SSSR count). The number of rotatable bonds is 4. The Labute approximate surface area is 142 Å². The zero-order chi connectivity index (χ0) is 17.1. The van der Waals surface area contributed by atoms with Gasteiger partial charge in [-0.3, -0.25) is 9.97 Å². The second-order valence-corrected chi connectivity index (χ2v) is 5.99. The first-order valence-corrected chi connectivity index (χ1v) is 7.93. The lowest BCUT2D eigenvalue weighted by Crippen LogP contribution is -2.19. The van der Waals surface area contributed by atoms with Gasteiger partial charge < -0.3 is 4.90 Å². The van der Waals surface area contributed by atoms with Gasteiger partial charge in [0.15, 0.2) is 0 Å². The quantitative estimate of drug-likeness (QED) is 0.737. The van der Waals surface area contributed by atoms with Crippen LogP contribution in [0.25, 0.3) is 11.3 Å². The zero-order valence-corrected chi connectivity index (χ0v) is 14.5. The van der Waals surface area contributed by atoms with Crippen molar-refractivity contribution in [1.82, 2.24) is 19.9 Å². The molecule has 0 bridgehead atoms. The summed E-state index contributed by atoms with van der Waals surface area (Å²) in [7, 11) is 2.00. The Morgan fingerprint density at radius 3 is 2.54 bits per heavy atom. The van der Waals surface area contributed by atoms with Crippen LogP contribution in [0.2, 0.25) is 0 Å². The molecule has 0 saturated heterocycles. The highest BCUT2D eigenvalue weighted by Crippen LogP contribution is 2.22. The number of nitrogens with zero attached hydrogens (tertiary/aromatic N) is 5. The van der Waals surface area contributed by atoms with E-state index in [0.29, 0.717) is 5.95 Å². The first-order valence-electron chi connectivity index (χ1n) is 7.93. The molecule has 0 atom stereocenters. The Hall–Kier alpha value is -2.82. The highest BCUT2D eigenvalue weighted by molar-refractivity contribution is 5.62. The van der Waals surface area contributed by atoms with Gasteiger partial charge in [0.25, 0.3) is 0 Å². The number of hydrogen-bond acceptors (Lipinski definition) is 5. The largest absolute Gasteiger partial charge is 0.340 e. The van der Waals surface area contributed by atoms with E-state index in [4.69, 9.17) is 4.98 Å². The lowest BCUT2D eigenvalue weighted by atomic mass is 10.1. The summed E-state index contributed by atoms with van der Waals surface area (Å²) in [5.41, 5.74) is 6.30. The molecule has 0 radical (unpaired) electrons. The van der Waals surface area contributed by atoms with E-state index in [1.807, 2.05) is 56.4 Å². The second-order valence-electron chi connectivity index (χ2n) is 5.99. The summed E-state index contributed by atoms with van der Waals surface area (Å²) in [5.74, 6) is 0.698. The third-order valence-corrected chi connectivity index (χ3v) is 4.03. The molecular formula is C19H21N5. The molecule has 0 aliphatic rings. The van der Waals surface area contributed by atoms with E-state index < -0.39 is 0 Å². The highest BCUT2D eigenvalue weighted by Gasteiger charge is 2.10. The molecule has 0 unspecified atom stereocenters. The van der Waals surface area contributed by atoms with Gasteiger partial charge in [0, 0.05) is 49.1 Å². The molecule has 0 aromatic carbocycles. The molecule has 5 heteroatoms.